The Morgan fingerprint density at radius 2 is 2.12 bits per heavy atom. The Morgan fingerprint density at radius 3 is 2.78 bits per heavy atom. The number of ketones is 1. The summed E-state index contributed by atoms with van der Waals surface area (Å²) in [7, 11) is 0. The number of nitrogens with zero attached hydrogens (tertiary/aromatic N) is 3. The average molecular weight is 436 g/mol. The standard InChI is InChI=1S/C22H21FN6O3/c1-12-7-16-19(17(31)11-30)15(26-22(5-6-22)18-9-24-28-27-18)10-29(16)20(12)21(32)25-14-4-2-3-13(23)8-14/h2-4,7-9,11,15,19,26H,5-6,10H2,1H3,(H,25,32)(H,24,27,28). The number of benzene rings is 1. The molecule has 0 radical (unpaired) electrons. The number of aldehydes is 1. The van der Waals surface area contributed by atoms with Crippen LogP contribution in [0.4, 0.5) is 10.1 Å². The number of carbonyl (C=O) groups excluding carboxylic acids is 3. The smallest absolute Gasteiger partial charge is 0.272 e. The van der Waals surface area contributed by atoms with Crippen LogP contribution in [0.15, 0.2) is 36.5 Å². The second kappa shape index (κ2) is 7.49. The molecule has 1 aliphatic heterocycles. The first-order valence-electron chi connectivity index (χ1n) is 10.3. The molecule has 1 aromatic carbocycles. The number of nitrogens with one attached hydrogen (secondary N) is 3. The second-order valence-corrected chi connectivity index (χ2v) is 8.36. The summed E-state index contributed by atoms with van der Waals surface area (Å²) >= 11 is 0. The molecule has 1 amide bonds. The molecule has 1 aliphatic carbocycles. The minimum Gasteiger partial charge on any atom is -0.338 e. The molecule has 0 bridgehead atoms. The van der Waals surface area contributed by atoms with Crippen molar-refractivity contribution >= 4 is 23.7 Å². The van der Waals surface area contributed by atoms with Crippen molar-refractivity contribution in [3.05, 3.63) is 65.0 Å². The maximum atomic E-state index is 13.5. The first kappa shape index (κ1) is 20.3. The Balaban J connectivity index is 1.46. The molecule has 2 unspecified atom stereocenters. The van der Waals surface area contributed by atoms with Gasteiger partial charge in [-0.2, -0.15) is 15.4 Å². The van der Waals surface area contributed by atoms with Gasteiger partial charge in [0.2, 0.25) is 5.78 Å². The van der Waals surface area contributed by atoms with Crippen molar-refractivity contribution in [3.8, 4) is 0 Å². The molecule has 5 rings (SSSR count). The number of halogens is 1. The molecule has 32 heavy (non-hydrogen) atoms. The summed E-state index contributed by atoms with van der Waals surface area (Å²) in [5.41, 5.74) is 2.35. The zero-order chi connectivity index (χ0) is 22.5. The van der Waals surface area contributed by atoms with E-state index < -0.39 is 29.0 Å². The first-order valence-corrected chi connectivity index (χ1v) is 10.3. The molecule has 2 aliphatic rings. The molecule has 3 heterocycles. The van der Waals surface area contributed by atoms with Crippen LogP contribution >= 0.6 is 0 Å². The molecule has 3 aromatic rings. The zero-order valence-electron chi connectivity index (χ0n) is 17.3. The number of anilines is 1. The molecule has 3 N–H and O–H groups in total. The van der Waals surface area contributed by atoms with Gasteiger partial charge in [-0.1, -0.05) is 6.07 Å². The Labute approximate surface area is 182 Å². The van der Waals surface area contributed by atoms with E-state index in [0.717, 1.165) is 18.5 Å². The van der Waals surface area contributed by atoms with Gasteiger partial charge in [0.1, 0.15) is 17.2 Å². The van der Waals surface area contributed by atoms with Crippen LogP contribution in [0.25, 0.3) is 0 Å². The summed E-state index contributed by atoms with van der Waals surface area (Å²) in [4.78, 5) is 37.1. The third-order valence-corrected chi connectivity index (χ3v) is 6.26. The largest absolute Gasteiger partial charge is 0.338 e. The van der Waals surface area contributed by atoms with Gasteiger partial charge in [-0.05, 0) is 49.6 Å². The number of rotatable bonds is 7. The van der Waals surface area contributed by atoms with Gasteiger partial charge >= 0.3 is 0 Å². The molecule has 0 spiro atoms. The van der Waals surface area contributed by atoms with Crippen molar-refractivity contribution in [1.29, 1.82) is 0 Å². The van der Waals surface area contributed by atoms with Gasteiger partial charge in [-0.15, -0.1) is 0 Å². The maximum Gasteiger partial charge on any atom is 0.272 e. The number of fused-ring (bicyclic) bond motifs is 1. The summed E-state index contributed by atoms with van der Waals surface area (Å²) < 4.78 is 15.3. The number of H-pyrrole nitrogens is 1. The highest BCUT2D eigenvalue weighted by molar-refractivity contribution is 6.28. The topological polar surface area (TPSA) is 122 Å². The lowest BCUT2D eigenvalue weighted by Gasteiger charge is -2.24. The fraction of sp³-hybridized carbons (Fsp3) is 0.318. The van der Waals surface area contributed by atoms with Gasteiger partial charge < -0.3 is 15.2 Å². The van der Waals surface area contributed by atoms with Crippen molar-refractivity contribution in [3.63, 3.8) is 0 Å². The first-order chi connectivity index (χ1) is 15.4. The Morgan fingerprint density at radius 1 is 1.31 bits per heavy atom. The maximum absolute atomic E-state index is 13.5. The summed E-state index contributed by atoms with van der Waals surface area (Å²) in [6.07, 6.45) is 3.64. The zero-order valence-corrected chi connectivity index (χ0v) is 17.3. The van der Waals surface area contributed by atoms with E-state index >= 15 is 0 Å². The lowest BCUT2D eigenvalue weighted by Crippen LogP contribution is -2.44. The van der Waals surface area contributed by atoms with E-state index in [1.807, 2.05) is 0 Å². The van der Waals surface area contributed by atoms with Gasteiger partial charge in [0.05, 0.1) is 17.7 Å². The van der Waals surface area contributed by atoms with Gasteiger partial charge in [0.25, 0.3) is 5.91 Å². The van der Waals surface area contributed by atoms with E-state index in [1.54, 1.807) is 29.8 Å². The molecule has 0 saturated heterocycles. The van der Waals surface area contributed by atoms with Gasteiger partial charge in [-0.25, -0.2) is 4.39 Å². The van der Waals surface area contributed by atoms with E-state index in [0.29, 0.717) is 35.5 Å². The van der Waals surface area contributed by atoms with Crippen LogP contribution in [0.3, 0.4) is 0 Å². The highest BCUT2D eigenvalue weighted by Crippen LogP contribution is 2.47. The summed E-state index contributed by atoms with van der Waals surface area (Å²) in [6, 6.07) is 7.02. The summed E-state index contributed by atoms with van der Waals surface area (Å²) in [5, 5.41) is 16.9. The molecule has 10 heteroatoms. The second-order valence-electron chi connectivity index (χ2n) is 8.36. The van der Waals surface area contributed by atoms with E-state index in [1.165, 1.54) is 18.2 Å². The molecular formula is C22H21FN6O3. The number of aromatic nitrogens is 4. The van der Waals surface area contributed by atoms with Crippen LogP contribution in [-0.2, 0) is 21.7 Å². The van der Waals surface area contributed by atoms with Crippen LogP contribution in [0, 0.1) is 12.7 Å². The van der Waals surface area contributed by atoms with Crippen LogP contribution in [0.1, 0.15) is 46.2 Å². The van der Waals surface area contributed by atoms with E-state index in [-0.39, 0.29) is 6.04 Å². The fourth-order valence-corrected chi connectivity index (χ4v) is 4.66. The Hall–Kier alpha value is -3.66. The predicted molar refractivity (Wildman–Crippen MR) is 112 cm³/mol. The number of carbonyl (C=O) groups is 3. The molecule has 2 atom stereocenters. The predicted octanol–water partition coefficient (Wildman–Crippen LogP) is 1.82. The fourth-order valence-electron chi connectivity index (χ4n) is 4.66. The van der Waals surface area contributed by atoms with E-state index in [2.05, 4.69) is 26.0 Å². The molecule has 1 fully saturated rings. The number of hydrogen-bond donors (Lipinski definition) is 3. The van der Waals surface area contributed by atoms with Crippen molar-refractivity contribution in [2.24, 2.45) is 0 Å². The molecule has 1 saturated carbocycles. The van der Waals surface area contributed by atoms with Crippen molar-refractivity contribution < 1.29 is 18.8 Å². The molecular weight excluding hydrogens is 415 g/mol. The number of Topliss-reactive ketones (excluding diaryl/α,β-unsaturated/α-hetero) is 1. The highest BCUT2D eigenvalue weighted by atomic mass is 19.1. The SMILES string of the molecule is Cc1cc2n(c1C(=O)Nc1cccc(F)c1)CC(NC1(c3cn[nH]n3)CC1)C2C(=O)C=O. The summed E-state index contributed by atoms with van der Waals surface area (Å²) in [6.45, 7) is 2.10. The van der Waals surface area contributed by atoms with Crippen molar-refractivity contribution in [2.75, 3.05) is 5.32 Å². The Kier molecular flexibility index (Phi) is 4.74. The molecule has 9 nitrogen and oxygen atoms in total. The molecule has 2 aromatic heterocycles. The third-order valence-electron chi connectivity index (χ3n) is 6.26. The lowest BCUT2D eigenvalue weighted by atomic mass is 9.93. The number of aryl methyl sites for hydroxylation is 1. The van der Waals surface area contributed by atoms with Gasteiger partial charge in [-0.3, -0.25) is 14.4 Å². The lowest BCUT2D eigenvalue weighted by molar-refractivity contribution is -0.131. The monoisotopic (exact) mass is 436 g/mol. The van der Waals surface area contributed by atoms with E-state index in [9.17, 15) is 18.8 Å². The number of hydrogen-bond acceptors (Lipinski definition) is 6. The molecule has 164 valence electrons. The van der Waals surface area contributed by atoms with Crippen molar-refractivity contribution in [1.82, 2.24) is 25.3 Å². The van der Waals surface area contributed by atoms with Gasteiger partial charge in [0.15, 0.2) is 6.29 Å². The number of amides is 1. The van der Waals surface area contributed by atoms with Crippen LogP contribution in [0.5, 0.6) is 0 Å². The van der Waals surface area contributed by atoms with Crippen LogP contribution < -0.4 is 10.6 Å². The quantitative estimate of drug-likeness (QED) is 0.384. The number of aromatic amines is 1. The minimum atomic E-state index is -0.716. The average Bonchev–Trinajstić information content (AvgIpc) is 3.09. The third kappa shape index (κ3) is 3.32. The van der Waals surface area contributed by atoms with Crippen LogP contribution in [-0.4, -0.2) is 44.0 Å². The summed E-state index contributed by atoms with van der Waals surface area (Å²) in [5.74, 6) is -2.13. The van der Waals surface area contributed by atoms with Crippen LogP contribution in [0.2, 0.25) is 0 Å². The van der Waals surface area contributed by atoms with E-state index in [4.69, 9.17) is 0 Å². The van der Waals surface area contributed by atoms with Crippen molar-refractivity contribution in [2.45, 2.75) is 43.8 Å². The minimum absolute atomic E-state index is 0.332. The normalized spacial score (nSPS) is 20.6. The van der Waals surface area contributed by atoms with Gasteiger partial charge in [0, 0.05) is 24.0 Å². The Bertz CT molecular complexity index is 1210. The highest BCUT2D eigenvalue weighted by Gasteiger charge is 2.51.